The number of thiazole rings is 1. The van der Waals surface area contributed by atoms with E-state index < -0.39 is 27.7 Å². The van der Waals surface area contributed by atoms with Crippen molar-refractivity contribution >= 4 is 44.0 Å². The number of aromatic nitrogens is 1. The van der Waals surface area contributed by atoms with E-state index in [1.807, 2.05) is 0 Å². The van der Waals surface area contributed by atoms with Gasteiger partial charge in [0, 0.05) is 28.7 Å². The highest BCUT2D eigenvalue weighted by Gasteiger charge is 2.33. The van der Waals surface area contributed by atoms with Crippen LogP contribution in [0.1, 0.15) is 21.5 Å². The van der Waals surface area contributed by atoms with Crippen molar-refractivity contribution in [2.45, 2.75) is 17.6 Å². The van der Waals surface area contributed by atoms with Crippen LogP contribution in [-0.2, 0) is 22.7 Å². The summed E-state index contributed by atoms with van der Waals surface area (Å²) in [5.41, 5.74) is -0.997. The first kappa shape index (κ1) is 22.1. The lowest BCUT2D eigenvalue weighted by atomic mass is 10.1. The third-order valence-electron chi connectivity index (χ3n) is 3.90. The molecule has 1 aromatic heterocycles. The minimum atomic E-state index is -4.62. The fraction of sp³-hybridized carbons (Fsp3) is 0.111. The largest absolute Gasteiger partial charge is 0.416 e. The highest BCUT2D eigenvalue weighted by atomic mass is 35.5. The first-order chi connectivity index (χ1) is 14.1. The van der Waals surface area contributed by atoms with Gasteiger partial charge >= 0.3 is 6.18 Å². The lowest BCUT2D eigenvalue weighted by molar-refractivity contribution is -0.138. The van der Waals surface area contributed by atoms with Crippen molar-refractivity contribution in [3.63, 3.8) is 0 Å². The number of benzene rings is 2. The van der Waals surface area contributed by atoms with Gasteiger partial charge in [0.25, 0.3) is 15.9 Å². The van der Waals surface area contributed by atoms with Crippen molar-refractivity contribution in [1.82, 2.24) is 10.3 Å². The predicted molar refractivity (Wildman–Crippen MR) is 107 cm³/mol. The molecule has 0 fully saturated rings. The van der Waals surface area contributed by atoms with E-state index in [9.17, 15) is 26.4 Å². The van der Waals surface area contributed by atoms with E-state index in [1.54, 1.807) is 5.38 Å². The van der Waals surface area contributed by atoms with Gasteiger partial charge in [0.2, 0.25) is 0 Å². The first-order valence-electron chi connectivity index (χ1n) is 8.22. The smallest absolute Gasteiger partial charge is 0.348 e. The highest BCUT2D eigenvalue weighted by Crippen LogP contribution is 2.33. The van der Waals surface area contributed by atoms with Crippen LogP contribution in [0.5, 0.6) is 0 Å². The predicted octanol–water partition coefficient (Wildman–Crippen LogP) is 4.55. The maximum atomic E-state index is 13.1. The molecule has 0 saturated carbocycles. The number of carbonyl (C=O) groups excluding carboxylic acids is 1. The third-order valence-corrected chi connectivity index (χ3v) is 6.31. The summed E-state index contributed by atoms with van der Waals surface area (Å²) in [6.07, 6.45) is -3.17. The van der Waals surface area contributed by atoms with E-state index in [1.165, 1.54) is 42.6 Å². The Morgan fingerprint density at radius 2 is 1.83 bits per heavy atom. The molecule has 0 radical (unpaired) electrons. The number of rotatable bonds is 6. The Morgan fingerprint density at radius 1 is 1.13 bits per heavy atom. The topological polar surface area (TPSA) is 88.2 Å². The molecule has 1 heterocycles. The SMILES string of the molecule is O=C(NCc1ccc(Cl)cc1C(F)(F)F)c1ccc(S(=O)(=O)Nc2nccs2)cc1. The number of sulfonamides is 1. The normalized spacial score (nSPS) is 11.9. The average Bonchev–Trinajstić information content (AvgIpc) is 3.18. The summed E-state index contributed by atoms with van der Waals surface area (Å²) in [5.74, 6) is -0.657. The summed E-state index contributed by atoms with van der Waals surface area (Å²) < 4.78 is 66.3. The lowest BCUT2D eigenvalue weighted by Gasteiger charge is -2.14. The van der Waals surface area contributed by atoms with Gasteiger partial charge in [0.1, 0.15) is 0 Å². The van der Waals surface area contributed by atoms with Crippen LogP contribution in [0.25, 0.3) is 0 Å². The maximum Gasteiger partial charge on any atom is 0.416 e. The third kappa shape index (κ3) is 5.29. The van der Waals surface area contributed by atoms with Crippen LogP contribution in [0, 0.1) is 0 Å². The average molecular weight is 476 g/mol. The quantitative estimate of drug-likeness (QED) is 0.547. The molecule has 0 atom stereocenters. The van der Waals surface area contributed by atoms with Crippen molar-refractivity contribution in [2.75, 3.05) is 4.72 Å². The molecule has 1 amide bonds. The van der Waals surface area contributed by atoms with Crippen LogP contribution < -0.4 is 10.0 Å². The Hall–Kier alpha value is -2.63. The molecular formula is C18H13ClF3N3O3S2. The van der Waals surface area contributed by atoms with Gasteiger partial charge in [-0.25, -0.2) is 13.4 Å². The van der Waals surface area contributed by atoms with Crippen LogP contribution >= 0.6 is 22.9 Å². The van der Waals surface area contributed by atoms with Crippen LogP contribution in [0.4, 0.5) is 18.3 Å². The molecule has 12 heteroatoms. The van der Waals surface area contributed by atoms with Crippen molar-refractivity contribution in [3.05, 3.63) is 75.8 Å². The number of hydrogen-bond acceptors (Lipinski definition) is 5. The van der Waals surface area contributed by atoms with Crippen molar-refractivity contribution in [1.29, 1.82) is 0 Å². The molecule has 2 N–H and O–H groups in total. The molecule has 0 spiro atoms. The van der Waals surface area contributed by atoms with Crippen molar-refractivity contribution < 1.29 is 26.4 Å². The van der Waals surface area contributed by atoms with E-state index >= 15 is 0 Å². The second-order valence-electron chi connectivity index (χ2n) is 5.95. The number of anilines is 1. The van der Waals surface area contributed by atoms with Gasteiger partial charge < -0.3 is 5.32 Å². The highest BCUT2D eigenvalue weighted by molar-refractivity contribution is 7.93. The van der Waals surface area contributed by atoms with E-state index in [-0.39, 0.29) is 32.7 Å². The zero-order chi connectivity index (χ0) is 21.9. The molecule has 6 nitrogen and oxygen atoms in total. The van der Waals surface area contributed by atoms with Gasteiger partial charge in [-0.2, -0.15) is 13.2 Å². The van der Waals surface area contributed by atoms with Gasteiger partial charge in [-0.15, -0.1) is 11.3 Å². The van der Waals surface area contributed by atoms with E-state index in [0.717, 1.165) is 17.4 Å². The number of nitrogens with one attached hydrogen (secondary N) is 2. The second-order valence-corrected chi connectivity index (χ2v) is 8.96. The zero-order valence-corrected chi connectivity index (χ0v) is 17.3. The minimum absolute atomic E-state index is 0.0689. The summed E-state index contributed by atoms with van der Waals surface area (Å²) in [6.45, 7) is -0.378. The fourth-order valence-corrected chi connectivity index (χ4v) is 4.44. The molecule has 3 rings (SSSR count). The number of nitrogens with zero attached hydrogens (tertiary/aromatic N) is 1. The number of alkyl halides is 3. The first-order valence-corrected chi connectivity index (χ1v) is 11.0. The van der Waals surface area contributed by atoms with E-state index in [4.69, 9.17) is 11.6 Å². The Labute approximate surface area is 178 Å². The molecule has 0 saturated heterocycles. The number of amides is 1. The summed E-state index contributed by atoms with van der Waals surface area (Å²) in [7, 11) is -3.88. The van der Waals surface area contributed by atoms with Crippen LogP contribution in [0.2, 0.25) is 5.02 Å². The Morgan fingerprint density at radius 3 is 2.43 bits per heavy atom. The molecule has 2 aromatic carbocycles. The molecule has 0 unspecified atom stereocenters. The summed E-state index contributed by atoms with van der Waals surface area (Å²) in [5, 5.41) is 4.12. The second kappa shape index (κ2) is 8.62. The number of carbonyl (C=O) groups is 1. The van der Waals surface area contributed by atoms with Gasteiger partial charge in [-0.3, -0.25) is 9.52 Å². The maximum absolute atomic E-state index is 13.1. The van der Waals surface area contributed by atoms with Gasteiger partial charge in [0.05, 0.1) is 10.5 Å². The fourth-order valence-electron chi connectivity index (χ4n) is 2.48. The van der Waals surface area contributed by atoms with Gasteiger partial charge in [-0.1, -0.05) is 17.7 Å². The van der Waals surface area contributed by atoms with Crippen LogP contribution in [0.3, 0.4) is 0 Å². The van der Waals surface area contributed by atoms with Crippen LogP contribution in [-0.4, -0.2) is 19.3 Å². The number of halogens is 4. The minimum Gasteiger partial charge on any atom is -0.348 e. The molecule has 3 aromatic rings. The van der Waals surface area contributed by atoms with E-state index in [0.29, 0.717) is 0 Å². The Balaban J connectivity index is 1.70. The monoisotopic (exact) mass is 475 g/mol. The van der Waals surface area contributed by atoms with E-state index in [2.05, 4.69) is 15.0 Å². The molecular weight excluding hydrogens is 463 g/mol. The molecule has 0 bridgehead atoms. The Bertz CT molecular complexity index is 1150. The summed E-state index contributed by atoms with van der Waals surface area (Å²) in [6, 6.07) is 8.23. The molecule has 0 aliphatic heterocycles. The van der Waals surface area contributed by atoms with Crippen LogP contribution in [0.15, 0.2) is 58.9 Å². The molecule has 30 heavy (non-hydrogen) atoms. The van der Waals surface area contributed by atoms with Crippen molar-refractivity contribution in [2.24, 2.45) is 0 Å². The summed E-state index contributed by atoms with van der Waals surface area (Å²) in [4.78, 5) is 16.0. The molecule has 158 valence electrons. The number of hydrogen-bond donors (Lipinski definition) is 2. The summed E-state index contributed by atoms with van der Waals surface area (Å²) >= 11 is 6.74. The zero-order valence-electron chi connectivity index (χ0n) is 14.9. The van der Waals surface area contributed by atoms with Gasteiger partial charge in [-0.05, 0) is 42.0 Å². The molecule has 0 aliphatic carbocycles. The standard InChI is InChI=1S/C18H13ClF3N3O3S2/c19-13-4-1-12(15(9-13)18(20,21)22)10-24-16(26)11-2-5-14(6-3-11)30(27,28)25-17-23-7-8-29-17/h1-9H,10H2,(H,23,25)(H,24,26). The van der Waals surface area contributed by atoms with Gasteiger partial charge in [0.15, 0.2) is 5.13 Å². The Kier molecular flexibility index (Phi) is 6.34. The van der Waals surface area contributed by atoms with Crippen molar-refractivity contribution in [3.8, 4) is 0 Å². The lowest BCUT2D eigenvalue weighted by Crippen LogP contribution is -2.24. The molecule has 0 aliphatic rings.